The van der Waals surface area contributed by atoms with Crippen molar-refractivity contribution in [1.82, 2.24) is 9.97 Å². The minimum absolute atomic E-state index is 0.697. The molecule has 4 heteroatoms. The van der Waals surface area contributed by atoms with Crippen molar-refractivity contribution in [3.05, 3.63) is 41.6 Å². The zero-order valence-corrected chi connectivity index (χ0v) is 12.6. The molecule has 106 valence electrons. The molecule has 0 amide bonds. The second-order valence-corrected chi connectivity index (χ2v) is 4.96. The van der Waals surface area contributed by atoms with E-state index in [0.717, 1.165) is 30.2 Å². The Balaban J connectivity index is 2.32. The number of hydrogen-bond donors (Lipinski definition) is 1. The van der Waals surface area contributed by atoms with Crippen LogP contribution in [0.1, 0.15) is 24.6 Å². The Kier molecular flexibility index (Phi) is 4.56. The van der Waals surface area contributed by atoms with Gasteiger partial charge in [-0.25, -0.2) is 4.98 Å². The highest BCUT2D eigenvalue weighted by Crippen LogP contribution is 2.25. The largest absolute Gasteiger partial charge is 0.354 e. The van der Waals surface area contributed by atoms with Gasteiger partial charge >= 0.3 is 0 Å². The van der Waals surface area contributed by atoms with E-state index in [0.29, 0.717) is 5.95 Å². The van der Waals surface area contributed by atoms with Crippen LogP contribution in [-0.2, 0) is 0 Å². The van der Waals surface area contributed by atoms with Crippen molar-refractivity contribution in [2.24, 2.45) is 0 Å². The van der Waals surface area contributed by atoms with Crippen LogP contribution in [0.25, 0.3) is 0 Å². The number of rotatable bonds is 5. The van der Waals surface area contributed by atoms with Crippen LogP contribution >= 0.6 is 0 Å². The van der Waals surface area contributed by atoms with E-state index < -0.39 is 0 Å². The van der Waals surface area contributed by atoms with Crippen LogP contribution in [0.3, 0.4) is 0 Å². The molecule has 0 atom stereocenters. The summed E-state index contributed by atoms with van der Waals surface area (Å²) >= 11 is 0. The SMILES string of the molecule is CCCNc1nc(C)cc(N(C)c2ccccc2C)n1. The summed E-state index contributed by atoms with van der Waals surface area (Å²) in [5.74, 6) is 1.60. The van der Waals surface area contributed by atoms with Crippen molar-refractivity contribution in [2.45, 2.75) is 27.2 Å². The molecule has 1 aromatic carbocycles. The minimum Gasteiger partial charge on any atom is -0.354 e. The lowest BCUT2D eigenvalue weighted by Gasteiger charge is -2.21. The van der Waals surface area contributed by atoms with Crippen LogP contribution < -0.4 is 10.2 Å². The molecular formula is C16H22N4. The molecule has 2 rings (SSSR count). The van der Waals surface area contributed by atoms with Crippen LogP contribution in [0.15, 0.2) is 30.3 Å². The zero-order valence-electron chi connectivity index (χ0n) is 12.6. The summed E-state index contributed by atoms with van der Waals surface area (Å²) in [6.07, 6.45) is 1.06. The van der Waals surface area contributed by atoms with Gasteiger partial charge in [-0.05, 0) is 31.9 Å². The van der Waals surface area contributed by atoms with E-state index >= 15 is 0 Å². The van der Waals surface area contributed by atoms with Crippen LogP contribution in [0.5, 0.6) is 0 Å². The smallest absolute Gasteiger partial charge is 0.224 e. The monoisotopic (exact) mass is 270 g/mol. The fourth-order valence-corrected chi connectivity index (χ4v) is 2.10. The van der Waals surface area contributed by atoms with E-state index in [9.17, 15) is 0 Å². The molecule has 1 aromatic heterocycles. The van der Waals surface area contributed by atoms with Crippen LogP contribution in [0.2, 0.25) is 0 Å². The van der Waals surface area contributed by atoms with Gasteiger partial charge in [-0.1, -0.05) is 25.1 Å². The highest BCUT2D eigenvalue weighted by Gasteiger charge is 2.10. The zero-order chi connectivity index (χ0) is 14.5. The van der Waals surface area contributed by atoms with Crippen molar-refractivity contribution < 1.29 is 0 Å². The molecule has 0 saturated carbocycles. The van der Waals surface area contributed by atoms with Gasteiger partial charge in [0, 0.05) is 31.0 Å². The predicted octanol–water partition coefficient (Wildman–Crippen LogP) is 3.68. The molecule has 20 heavy (non-hydrogen) atoms. The molecule has 0 spiro atoms. The summed E-state index contributed by atoms with van der Waals surface area (Å²) in [6.45, 7) is 7.12. The summed E-state index contributed by atoms with van der Waals surface area (Å²) in [5.41, 5.74) is 3.36. The first-order valence-corrected chi connectivity index (χ1v) is 7.00. The number of benzene rings is 1. The van der Waals surface area contributed by atoms with Gasteiger partial charge in [-0.15, -0.1) is 0 Å². The van der Waals surface area contributed by atoms with Crippen molar-refractivity contribution in [1.29, 1.82) is 0 Å². The second kappa shape index (κ2) is 6.37. The third kappa shape index (κ3) is 3.26. The van der Waals surface area contributed by atoms with Gasteiger partial charge < -0.3 is 10.2 Å². The third-order valence-electron chi connectivity index (χ3n) is 3.19. The van der Waals surface area contributed by atoms with E-state index in [1.807, 2.05) is 32.2 Å². The Bertz CT molecular complexity index is 580. The van der Waals surface area contributed by atoms with E-state index in [2.05, 4.69) is 46.2 Å². The molecular weight excluding hydrogens is 248 g/mol. The average Bonchev–Trinajstić information content (AvgIpc) is 2.44. The Morgan fingerprint density at radius 3 is 2.60 bits per heavy atom. The third-order valence-corrected chi connectivity index (χ3v) is 3.19. The van der Waals surface area contributed by atoms with Crippen molar-refractivity contribution in [3.63, 3.8) is 0 Å². The molecule has 0 unspecified atom stereocenters. The fraction of sp³-hybridized carbons (Fsp3) is 0.375. The lowest BCUT2D eigenvalue weighted by molar-refractivity contribution is 0.940. The Labute approximate surface area is 120 Å². The second-order valence-electron chi connectivity index (χ2n) is 4.96. The van der Waals surface area contributed by atoms with Crippen LogP contribution in [0, 0.1) is 13.8 Å². The Hall–Kier alpha value is -2.10. The molecule has 1 heterocycles. The molecule has 0 aliphatic heterocycles. The maximum Gasteiger partial charge on any atom is 0.224 e. The van der Waals surface area contributed by atoms with E-state index in [4.69, 9.17) is 0 Å². The summed E-state index contributed by atoms with van der Waals surface area (Å²) in [6, 6.07) is 10.3. The van der Waals surface area contributed by atoms with Crippen LogP contribution in [-0.4, -0.2) is 23.6 Å². The first-order valence-electron chi connectivity index (χ1n) is 7.00. The average molecular weight is 270 g/mol. The summed E-state index contributed by atoms with van der Waals surface area (Å²) in [4.78, 5) is 11.1. The van der Waals surface area contributed by atoms with Gasteiger partial charge in [0.2, 0.25) is 5.95 Å². The molecule has 0 fully saturated rings. The van der Waals surface area contributed by atoms with Crippen molar-refractivity contribution >= 4 is 17.5 Å². The Morgan fingerprint density at radius 1 is 1.15 bits per heavy atom. The number of nitrogens with one attached hydrogen (secondary N) is 1. The number of anilines is 3. The number of hydrogen-bond acceptors (Lipinski definition) is 4. The Morgan fingerprint density at radius 2 is 1.90 bits per heavy atom. The molecule has 0 saturated heterocycles. The van der Waals surface area contributed by atoms with Crippen molar-refractivity contribution in [3.8, 4) is 0 Å². The predicted molar refractivity (Wildman–Crippen MR) is 84.8 cm³/mol. The lowest BCUT2D eigenvalue weighted by atomic mass is 10.2. The number of aryl methyl sites for hydroxylation is 2. The number of nitrogens with zero attached hydrogens (tertiary/aromatic N) is 3. The van der Waals surface area contributed by atoms with Gasteiger partial charge in [0.25, 0.3) is 0 Å². The van der Waals surface area contributed by atoms with Gasteiger partial charge in [-0.3, -0.25) is 0 Å². The fourth-order valence-electron chi connectivity index (χ4n) is 2.10. The molecule has 0 aliphatic carbocycles. The number of para-hydroxylation sites is 1. The molecule has 2 aromatic rings. The molecule has 0 radical (unpaired) electrons. The van der Waals surface area contributed by atoms with Gasteiger partial charge in [0.05, 0.1) is 0 Å². The van der Waals surface area contributed by atoms with E-state index in [-0.39, 0.29) is 0 Å². The highest BCUT2D eigenvalue weighted by atomic mass is 15.2. The number of aromatic nitrogens is 2. The van der Waals surface area contributed by atoms with Gasteiger partial charge in [0.15, 0.2) is 0 Å². The highest BCUT2D eigenvalue weighted by molar-refractivity contribution is 5.63. The first-order chi connectivity index (χ1) is 9.61. The maximum atomic E-state index is 4.59. The standard InChI is InChI=1S/C16H22N4/c1-5-10-17-16-18-13(3)11-15(19-16)20(4)14-9-7-6-8-12(14)2/h6-9,11H,5,10H2,1-4H3,(H,17,18,19). The minimum atomic E-state index is 0.697. The van der Waals surface area contributed by atoms with E-state index in [1.165, 1.54) is 5.56 Å². The molecule has 0 bridgehead atoms. The lowest BCUT2D eigenvalue weighted by Crippen LogP contribution is -2.15. The molecule has 1 N–H and O–H groups in total. The topological polar surface area (TPSA) is 41.1 Å². The van der Waals surface area contributed by atoms with Crippen molar-refractivity contribution in [2.75, 3.05) is 23.8 Å². The maximum absolute atomic E-state index is 4.59. The van der Waals surface area contributed by atoms with Gasteiger partial charge in [0.1, 0.15) is 5.82 Å². The van der Waals surface area contributed by atoms with E-state index in [1.54, 1.807) is 0 Å². The van der Waals surface area contributed by atoms with Crippen LogP contribution in [0.4, 0.5) is 17.5 Å². The summed E-state index contributed by atoms with van der Waals surface area (Å²) in [7, 11) is 2.04. The first kappa shape index (κ1) is 14.3. The quantitative estimate of drug-likeness (QED) is 0.899. The van der Waals surface area contributed by atoms with Gasteiger partial charge in [-0.2, -0.15) is 4.98 Å². The summed E-state index contributed by atoms with van der Waals surface area (Å²) in [5, 5.41) is 3.25. The normalized spacial score (nSPS) is 10.4. The molecule has 4 nitrogen and oxygen atoms in total. The molecule has 0 aliphatic rings. The summed E-state index contributed by atoms with van der Waals surface area (Å²) < 4.78 is 0.